The van der Waals surface area contributed by atoms with Crippen molar-refractivity contribution in [2.75, 3.05) is 49.5 Å². The normalized spacial score (nSPS) is 23.6. The van der Waals surface area contributed by atoms with Crippen LogP contribution in [-0.4, -0.2) is 66.0 Å². The lowest BCUT2D eigenvalue weighted by atomic mass is 10.2. The van der Waals surface area contributed by atoms with Gasteiger partial charge in [0.1, 0.15) is 0 Å². The Morgan fingerprint density at radius 2 is 2.14 bits per heavy atom. The first kappa shape index (κ1) is 16.1. The zero-order valence-corrected chi connectivity index (χ0v) is 14.2. The van der Waals surface area contributed by atoms with Crippen molar-refractivity contribution in [3.63, 3.8) is 0 Å². The number of carbonyl (C=O) groups is 1. The van der Waals surface area contributed by atoms with Gasteiger partial charge in [-0.3, -0.25) is 14.6 Å². The fourth-order valence-electron chi connectivity index (χ4n) is 3.07. The van der Waals surface area contributed by atoms with E-state index < -0.39 is 0 Å². The Hall–Kier alpha value is -0.750. The number of hydrogen-bond donors (Lipinski definition) is 1. The van der Waals surface area contributed by atoms with E-state index in [2.05, 4.69) is 26.9 Å². The van der Waals surface area contributed by atoms with Crippen LogP contribution in [0.2, 0.25) is 5.02 Å². The predicted molar refractivity (Wildman–Crippen MR) is 93.8 cm³/mol. The van der Waals surface area contributed by atoms with E-state index in [1.165, 1.54) is 17.9 Å². The third-order valence-electron chi connectivity index (χ3n) is 4.30. The van der Waals surface area contributed by atoms with E-state index in [1.807, 2.05) is 12.1 Å². The van der Waals surface area contributed by atoms with Gasteiger partial charge in [-0.2, -0.15) is 11.8 Å². The SMILES string of the molecule is O=C(CN1CCN([C@@H]2CCSC2)CC1)Nc1cccc(Cl)c1. The molecule has 4 nitrogen and oxygen atoms in total. The van der Waals surface area contributed by atoms with Gasteiger partial charge in [0, 0.05) is 48.7 Å². The summed E-state index contributed by atoms with van der Waals surface area (Å²) in [5.74, 6) is 2.61. The number of hydrogen-bond acceptors (Lipinski definition) is 4. The standard InChI is InChI=1S/C16H22ClN3OS/c17-13-2-1-3-14(10-13)18-16(21)11-19-5-7-20(8-6-19)15-4-9-22-12-15/h1-3,10,15H,4-9,11-12H2,(H,18,21)/t15-/m1/s1. The molecule has 2 aliphatic rings. The van der Waals surface area contributed by atoms with Crippen molar-refractivity contribution in [3.05, 3.63) is 29.3 Å². The van der Waals surface area contributed by atoms with Crippen LogP contribution in [0.4, 0.5) is 5.69 Å². The number of halogens is 1. The van der Waals surface area contributed by atoms with Crippen LogP contribution in [0.5, 0.6) is 0 Å². The summed E-state index contributed by atoms with van der Waals surface area (Å²) in [6.45, 7) is 4.57. The molecular weight excluding hydrogens is 318 g/mol. The molecule has 0 spiro atoms. The van der Waals surface area contributed by atoms with Gasteiger partial charge in [0.15, 0.2) is 0 Å². The van der Waals surface area contributed by atoms with Crippen LogP contribution < -0.4 is 5.32 Å². The predicted octanol–water partition coefficient (Wildman–Crippen LogP) is 2.40. The maximum atomic E-state index is 12.1. The van der Waals surface area contributed by atoms with Crippen LogP contribution in [-0.2, 0) is 4.79 Å². The van der Waals surface area contributed by atoms with Gasteiger partial charge < -0.3 is 5.32 Å². The summed E-state index contributed by atoms with van der Waals surface area (Å²) in [7, 11) is 0. The molecule has 0 bridgehead atoms. The molecular formula is C16H22ClN3OS. The highest BCUT2D eigenvalue weighted by atomic mass is 35.5. The van der Waals surface area contributed by atoms with Crippen LogP contribution in [0, 0.1) is 0 Å². The first-order valence-corrected chi connectivity index (χ1v) is 9.33. The number of nitrogens with one attached hydrogen (secondary N) is 1. The molecule has 1 N–H and O–H groups in total. The average Bonchev–Trinajstić information content (AvgIpc) is 3.02. The fraction of sp³-hybridized carbons (Fsp3) is 0.562. The van der Waals surface area contributed by atoms with Crippen LogP contribution >= 0.6 is 23.4 Å². The third-order valence-corrected chi connectivity index (χ3v) is 5.68. The average molecular weight is 340 g/mol. The molecule has 2 heterocycles. The molecule has 22 heavy (non-hydrogen) atoms. The number of rotatable bonds is 4. The molecule has 1 atom stereocenters. The van der Waals surface area contributed by atoms with Crippen LogP contribution in [0.25, 0.3) is 0 Å². The number of benzene rings is 1. The van der Waals surface area contributed by atoms with Gasteiger partial charge in [-0.25, -0.2) is 0 Å². The minimum Gasteiger partial charge on any atom is -0.325 e. The second-order valence-electron chi connectivity index (χ2n) is 5.89. The number of anilines is 1. The summed E-state index contributed by atoms with van der Waals surface area (Å²) >= 11 is 7.99. The lowest BCUT2D eigenvalue weighted by Crippen LogP contribution is -2.51. The lowest BCUT2D eigenvalue weighted by molar-refractivity contribution is -0.117. The van der Waals surface area contributed by atoms with Gasteiger partial charge in [-0.1, -0.05) is 17.7 Å². The minimum absolute atomic E-state index is 0.0344. The van der Waals surface area contributed by atoms with Gasteiger partial charge in [0.2, 0.25) is 5.91 Å². The molecule has 1 aromatic rings. The molecule has 3 rings (SSSR count). The van der Waals surface area contributed by atoms with E-state index in [4.69, 9.17) is 11.6 Å². The van der Waals surface area contributed by atoms with Crippen molar-refractivity contribution in [1.29, 1.82) is 0 Å². The summed E-state index contributed by atoms with van der Waals surface area (Å²) in [5.41, 5.74) is 0.763. The third kappa shape index (κ3) is 4.38. The Labute approximate surface area is 141 Å². The second-order valence-corrected chi connectivity index (χ2v) is 7.47. The van der Waals surface area contributed by atoms with Gasteiger partial charge in [0.05, 0.1) is 6.54 Å². The molecule has 1 amide bonds. The zero-order valence-electron chi connectivity index (χ0n) is 12.6. The van der Waals surface area contributed by atoms with E-state index in [-0.39, 0.29) is 5.91 Å². The molecule has 2 saturated heterocycles. The summed E-state index contributed by atoms with van der Waals surface area (Å²) in [6.07, 6.45) is 1.32. The largest absolute Gasteiger partial charge is 0.325 e. The Morgan fingerprint density at radius 3 is 2.82 bits per heavy atom. The minimum atomic E-state index is 0.0344. The molecule has 0 saturated carbocycles. The summed E-state index contributed by atoms with van der Waals surface area (Å²) in [4.78, 5) is 16.9. The zero-order chi connectivity index (χ0) is 15.4. The first-order valence-electron chi connectivity index (χ1n) is 7.80. The lowest BCUT2D eigenvalue weighted by Gasteiger charge is -2.37. The number of piperazine rings is 1. The first-order chi connectivity index (χ1) is 10.7. The Kier molecular flexibility index (Phi) is 5.63. The van der Waals surface area contributed by atoms with Crippen LogP contribution in [0.1, 0.15) is 6.42 Å². The molecule has 0 aliphatic carbocycles. The van der Waals surface area contributed by atoms with Crippen LogP contribution in [0.3, 0.4) is 0 Å². The van der Waals surface area contributed by atoms with E-state index in [0.717, 1.165) is 37.9 Å². The van der Waals surface area contributed by atoms with Crippen molar-refractivity contribution in [2.24, 2.45) is 0 Å². The highest BCUT2D eigenvalue weighted by Gasteiger charge is 2.26. The molecule has 120 valence electrons. The topological polar surface area (TPSA) is 35.6 Å². The number of amides is 1. The highest BCUT2D eigenvalue weighted by molar-refractivity contribution is 7.99. The van der Waals surface area contributed by atoms with Gasteiger partial charge >= 0.3 is 0 Å². The van der Waals surface area contributed by atoms with E-state index in [0.29, 0.717) is 11.6 Å². The highest BCUT2D eigenvalue weighted by Crippen LogP contribution is 2.23. The maximum absolute atomic E-state index is 12.1. The van der Waals surface area contributed by atoms with E-state index in [9.17, 15) is 4.79 Å². The molecule has 0 radical (unpaired) electrons. The molecule has 2 fully saturated rings. The molecule has 0 aromatic heterocycles. The molecule has 0 unspecified atom stereocenters. The van der Waals surface area contributed by atoms with Crippen molar-refractivity contribution in [3.8, 4) is 0 Å². The summed E-state index contributed by atoms with van der Waals surface area (Å²) in [5, 5.41) is 3.55. The Bertz CT molecular complexity index is 514. The molecule has 2 aliphatic heterocycles. The van der Waals surface area contributed by atoms with E-state index in [1.54, 1.807) is 12.1 Å². The van der Waals surface area contributed by atoms with Crippen molar-refractivity contribution in [1.82, 2.24) is 9.80 Å². The summed E-state index contributed by atoms with van der Waals surface area (Å²) < 4.78 is 0. The number of thioether (sulfide) groups is 1. The maximum Gasteiger partial charge on any atom is 0.238 e. The quantitative estimate of drug-likeness (QED) is 0.913. The van der Waals surface area contributed by atoms with Crippen molar-refractivity contribution < 1.29 is 4.79 Å². The van der Waals surface area contributed by atoms with Crippen molar-refractivity contribution >= 4 is 35.0 Å². The Balaban J connectivity index is 1.43. The number of carbonyl (C=O) groups excluding carboxylic acids is 1. The molecule has 6 heteroatoms. The number of nitrogens with zero attached hydrogens (tertiary/aromatic N) is 2. The molecule has 1 aromatic carbocycles. The monoisotopic (exact) mass is 339 g/mol. The fourth-order valence-corrected chi connectivity index (χ4v) is 4.51. The van der Waals surface area contributed by atoms with Crippen LogP contribution in [0.15, 0.2) is 24.3 Å². The van der Waals surface area contributed by atoms with Gasteiger partial charge in [-0.15, -0.1) is 0 Å². The second kappa shape index (κ2) is 7.68. The van der Waals surface area contributed by atoms with Gasteiger partial charge in [0.25, 0.3) is 0 Å². The Morgan fingerprint density at radius 1 is 1.32 bits per heavy atom. The van der Waals surface area contributed by atoms with Crippen molar-refractivity contribution in [2.45, 2.75) is 12.5 Å². The smallest absolute Gasteiger partial charge is 0.238 e. The summed E-state index contributed by atoms with van der Waals surface area (Å²) in [6, 6.07) is 8.04. The van der Waals surface area contributed by atoms with E-state index >= 15 is 0 Å². The van der Waals surface area contributed by atoms with Gasteiger partial charge in [-0.05, 0) is 30.4 Å².